The standard InChI is InChI=1S/C8H4Br2N2O2/c9-3-5-1-6(10)2-8(12(13)14)7(5)4-11/h1-2H,3H2. The van der Waals surface area contributed by atoms with Crippen molar-refractivity contribution in [2.75, 3.05) is 0 Å². The minimum atomic E-state index is -0.560. The molecule has 4 nitrogen and oxygen atoms in total. The molecule has 0 heterocycles. The highest BCUT2D eigenvalue weighted by Gasteiger charge is 2.18. The molecule has 0 saturated carbocycles. The molecule has 1 aromatic carbocycles. The van der Waals surface area contributed by atoms with Crippen LogP contribution in [0.15, 0.2) is 16.6 Å². The van der Waals surface area contributed by atoms with E-state index < -0.39 is 4.92 Å². The molecule has 0 bridgehead atoms. The first-order valence-electron chi connectivity index (χ1n) is 3.53. The van der Waals surface area contributed by atoms with Crippen LogP contribution in [0, 0.1) is 21.4 Å². The van der Waals surface area contributed by atoms with Crippen LogP contribution in [0.5, 0.6) is 0 Å². The highest BCUT2D eigenvalue weighted by Crippen LogP contribution is 2.28. The Morgan fingerprint density at radius 1 is 1.57 bits per heavy atom. The van der Waals surface area contributed by atoms with Crippen LogP contribution in [-0.4, -0.2) is 4.92 Å². The van der Waals surface area contributed by atoms with Crippen molar-refractivity contribution in [2.45, 2.75) is 5.33 Å². The Hall–Kier alpha value is -0.930. The van der Waals surface area contributed by atoms with Crippen LogP contribution in [0.3, 0.4) is 0 Å². The zero-order valence-corrected chi connectivity index (χ0v) is 10.0. The van der Waals surface area contributed by atoms with E-state index in [2.05, 4.69) is 31.9 Å². The number of rotatable bonds is 2. The summed E-state index contributed by atoms with van der Waals surface area (Å²) in [6.07, 6.45) is 0. The summed E-state index contributed by atoms with van der Waals surface area (Å²) in [7, 11) is 0. The lowest BCUT2D eigenvalue weighted by Gasteiger charge is -2.01. The van der Waals surface area contributed by atoms with Gasteiger partial charge in [-0.3, -0.25) is 10.1 Å². The molecule has 1 rings (SSSR count). The summed E-state index contributed by atoms with van der Waals surface area (Å²) in [5.74, 6) is 0. The van der Waals surface area contributed by atoms with Crippen molar-refractivity contribution >= 4 is 37.5 Å². The van der Waals surface area contributed by atoms with E-state index in [0.29, 0.717) is 15.4 Å². The average Bonchev–Trinajstić information content (AvgIpc) is 2.16. The molecule has 1 aromatic rings. The first kappa shape index (κ1) is 11.1. The zero-order valence-electron chi connectivity index (χ0n) is 6.83. The van der Waals surface area contributed by atoms with E-state index in [-0.39, 0.29) is 11.3 Å². The van der Waals surface area contributed by atoms with E-state index in [0.717, 1.165) is 0 Å². The number of benzene rings is 1. The maximum Gasteiger partial charge on any atom is 0.288 e. The number of halogens is 2. The molecule has 0 N–H and O–H groups in total. The van der Waals surface area contributed by atoms with Gasteiger partial charge in [0.15, 0.2) is 0 Å². The lowest BCUT2D eigenvalue weighted by molar-refractivity contribution is -0.385. The van der Waals surface area contributed by atoms with Crippen molar-refractivity contribution in [3.63, 3.8) is 0 Å². The molecule has 0 unspecified atom stereocenters. The maximum atomic E-state index is 10.6. The lowest BCUT2D eigenvalue weighted by Crippen LogP contribution is -1.96. The smallest absolute Gasteiger partial charge is 0.258 e. The quantitative estimate of drug-likeness (QED) is 0.478. The normalized spacial score (nSPS) is 9.50. The molecule has 0 amide bonds. The van der Waals surface area contributed by atoms with Crippen molar-refractivity contribution in [1.82, 2.24) is 0 Å². The fourth-order valence-corrected chi connectivity index (χ4v) is 1.96. The Balaban J connectivity index is 3.49. The van der Waals surface area contributed by atoms with Crippen LogP contribution in [0.25, 0.3) is 0 Å². The summed E-state index contributed by atoms with van der Waals surface area (Å²) in [4.78, 5) is 10.1. The maximum absolute atomic E-state index is 10.6. The lowest BCUT2D eigenvalue weighted by atomic mass is 10.1. The first-order chi connectivity index (χ1) is 6.60. The van der Waals surface area contributed by atoms with Crippen molar-refractivity contribution in [1.29, 1.82) is 5.26 Å². The summed E-state index contributed by atoms with van der Waals surface area (Å²) < 4.78 is 0.595. The van der Waals surface area contributed by atoms with Gasteiger partial charge in [0.25, 0.3) is 5.69 Å². The van der Waals surface area contributed by atoms with Gasteiger partial charge in [-0.15, -0.1) is 0 Å². The zero-order chi connectivity index (χ0) is 10.7. The van der Waals surface area contributed by atoms with Gasteiger partial charge in [0, 0.05) is 15.9 Å². The van der Waals surface area contributed by atoms with Crippen LogP contribution in [-0.2, 0) is 5.33 Å². The topological polar surface area (TPSA) is 66.9 Å². The summed E-state index contributed by atoms with van der Waals surface area (Å²) >= 11 is 6.32. The van der Waals surface area contributed by atoms with Crippen LogP contribution in [0.1, 0.15) is 11.1 Å². The average molecular weight is 320 g/mol. The number of hydrogen-bond acceptors (Lipinski definition) is 3. The van der Waals surface area contributed by atoms with E-state index in [1.165, 1.54) is 6.07 Å². The van der Waals surface area contributed by atoms with Gasteiger partial charge < -0.3 is 0 Å². The molecule has 14 heavy (non-hydrogen) atoms. The molecule has 0 aromatic heterocycles. The van der Waals surface area contributed by atoms with Gasteiger partial charge in [-0.2, -0.15) is 5.26 Å². The van der Waals surface area contributed by atoms with Gasteiger partial charge in [0.2, 0.25) is 0 Å². The fourth-order valence-electron chi connectivity index (χ4n) is 1.03. The van der Waals surface area contributed by atoms with Crippen molar-refractivity contribution in [3.8, 4) is 6.07 Å². The SMILES string of the molecule is N#Cc1c(CBr)cc(Br)cc1[N+](=O)[O-]. The van der Waals surface area contributed by atoms with Crippen LogP contribution in [0.4, 0.5) is 5.69 Å². The third kappa shape index (κ3) is 2.11. The first-order valence-corrected chi connectivity index (χ1v) is 5.44. The van der Waals surface area contributed by atoms with Gasteiger partial charge in [-0.05, 0) is 11.6 Å². The number of hydrogen-bond donors (Lipinski definition) is 0. The van der Waals surface area contributed by atoms with Crippen molar-refractivity contribution in [3.05, 3.63) is 37.8 Å². The number of alkyl halides is 1. The fraction of sp³-hybridized carbons (Fsp3) is 0.125. The van der Waals surface area contributed by atoms with Crippen molar-refractivity contribution < 1.29 is 4.92 Å². The molecule has 0 fully saturated rings. The number of nitro benzene ring substituents is 1. The third-order valence-corrected chi connectivity index (χ3v) is 2.68. The van der Waals surface area contributed by atoms with Gasteiger partial charge in [-0.25, -0.2) is 0 Å². The highest BCUT2D eigenvalue weighted by atomic mass is 79.9. The molecule has 0 spiro atoms. The Bertz CT molecular complexity index is 426. The molecule has 0 saturated heterocycles. The predicted octanol–water partition coefficient (Wildman–Crippen LogP) is 3.12. The molecule has 0 aliphatic rings. The van der Waals surface area contributed by atoms with Crippen LogP contribution in [0.2, 0.25) is 0 Å². The second-order valence-electron chi connectivity index (χ2n) is 2.46. The van der Waals surface area contributed by atoms with Gasteiger partial charge in [0.05, 0.1) is 4.92 Å². The molecule has 72 valence electrons. The largest absolute Gasteiger partial charge is 0.288 e. The Morgan fingerprint density at radius 2 is 2.21 bits per heavy atom. The van der Waals surface area contributed by atoms with E-state index in [1.807, 2.05) is 6.07 Å². The van der Waals surface area contributed by atoms with E-state index in [1.54, 1.807) is 6.07 Å². The van der Waals surface area contributed by atoms with Crippen LogP contribution < -0.4 is 0 Å². The van der Waals surface area contributed by atoms with E-state index in [9.17, 15) is 10.1 Å². The van der Waals surface area contributed by atoms with Gasteiger partial charge >= 0.3 is 0 Å². The molecule has 0 atom stereocenters. The number of nitrogens with zero attached hydrogens (tertiary/aromatic N) is 2. The summed E-state index contributed by atoms with van der Waals surface area (Å²) in [5.41, 5.74) is 0.542. The summed E-state index contributed by atoms with van der Waals surface area (Å²) in [5, 5.41) is 19.8. The van der Waals surface area contributed by atoms with Crippen LogP contribution >= 0.6 is 31.9 Å². The Labute approximate surface area is 96.9 Å². The molecule has 0 aliphatic heterocycles. The Morgan fingerprint density at radius 3 is 2.64 bits per heavy atom. The summed E-state index contributed by atoms with van der Waals surface area (Å²) in [6.45, 7) is 0. The highest BCUT2D eigenvalue weighted by molar-refractivity contribution is 9.10. The molecule has 0 radical (unpaired) electrons. The third-order valence-electron chi connectivity index (χ3n) is 1.62. The minimum absolute atomic E-state index is 0.107. The molecular formula is C8H4Br2N2O2. The monoisotopic (exact) mass is 318 g/mol. The number of nitro groups is 1. The minimum Gasteiger partial charge on any atom is -0.258 e. The second kappa shape index (κ2) is 4.53. The number of nitriles is 1. The van der Waals surface area contributed by atoms with E-state index in [4.69, 9.17) is 5.26 Å². The predicted molar refractivity (Wildman–Crippen MR) is 58.1 cm³/mol. The van der Waals surface area contributed by atoms with Gasteiger partial charge in [0.1, 0.15) is 11.6 Å². The molecule has 6 heteroatoms. The van der Waals surface area contributed by atoms with Gasteiger partial charge in [-0.1, -0.05) is 31.9 Å². The summed E-state index contributed by atoms with van der Waals surface area (Å²) in [6, 6.07) is 4.84. The van der Waals surface area contributed by atoms with Crippen molar-refractivity contribution in [2.24, 2.45) is 0 Å². The van der Waals surface area contributed by atoms with E-state index >= 15 is 0 Å². The molecular weight excluding hydrogens is 316 g/mol. The second-order valence-corrected chi connectivity index (χ2v) is 3.94. The Kier molecular flexibility index (Phi) is 3.61. The molecule has 0 aliphatic carbocycles.